The highest BCUT2D eigenvalue weighted by atomic mass is 16.5. The molecule has 1 unspecified atom stereocenters. The van der Waals surface area contributed by atoms with Crippen molar-refractivity contribution in [1.82, 2.24) is 5.32 Å². The minimum atomic E-state index is -0.132. The van der Waals surface area contributed by atoms with Gasteiger partial charge in [0.25, 0.3) is 0 Å². The fraction of sp³-hybridized carbons (Fsp3) is 0.467. The average Bonchev–Trinajstić information content (AvgIpc) is 2.45. The molecule has 0 aliphatic rings. The number of amides is 1. The molecule has 5 nitrogen and oxygen atoms in total. The molecule has 20 heavy (non-hydrogen) atoms. The highest BCUT2D eigenvalue weighted by Gasteiger charge is 2.13. The summed E-state index contributed by atoms with van der Waals surface area (Å²) in [5.41, 5.74) is 0.998. The zero-order valence-corrected chi connectivity index (χ0v) is 12.1. The minimum Gasteiger partial charge on any atom is -0.493 e. The van der Waals surface area contributed by atoms with Crippen molar-refractivity contribution in [3.05, 3.63) is 23.8 Å². The summed E-state index contributed by atoms with van der Waals surface area (Å²) in [6.07, 6.45) is 0.332. The molecule has 1 amide bonds. The first-order valence-electron chi connectivity index (χ1n) is 6.56. The van der Waals surface area contributed by atoms with Gasteiger partial charge in [0.05, 0.1) is 19.8 Å². The quantitative estimate of drug-likeness (QED) is 0.775. The van der Waals surface area contributed by atoms with Gasteiger partial charge in [0.2, 0.25) is 5.91 Å². The van der Waals surface area contributed by atoms with E-state index >= 15 is 0 Å². The van der Waals surface area contributed by atoms with E-state index in [9.17, 15) is 4.79 Å². The molecule has 0 radical (unpaired) electrons. The summed E-state index contributed by atoms with van der Waals surface area (Å²) in [6.45, 7) is 4.48. The minimum absolute atomic E-state index is 0.0398. The van der Waals surface area contributed by atoms with Gasteiger partial charge in [-0.15, -0.1) is 0 Å². The Morgan fingerprint density at radius 1 is 1.45 bits per heavy atom. The lowest BCUT2D eigenvalue weighted by molar-refractivity contribution is -0.121. The van der Waals surface area contributed by atoms with Crippen LogP contribution in [0, 0.1) is 11.3 Å². The third-order valence-electron chi connectivity index (χ3n) is 2.91. The number of nitriles is 1. The molecule has 1 rings (SSSR count). The van der Waals surface area contributed by atoms with E-state index in [-0.39, 0.29) is 18.4 Å². The van der Waals surface area contributed by atoms with Crippen LogP contribution in [0.2, 0.25) is 0 Å². The molecule has 0 spiro atoms. The number of benzene rings is 1. The number of nitrogens with one attached hydrogen (secondary N) is 1. The summed E-state index contributed by atoms with van der Waals surface area (Å²) in [5.74, 6) is 1.26. The number of carbonyl (C=O) groups is 1. The van der Waals surface area contributed by atoms with Crippen LogP contribution in [0.25, 0.3) is 0 Å². The molecule has 0 fully saturated rings. The van der Waals surface area contributed by atoms with Crippen LogP contribution in [0.5, 0.6) is 11.5 Å². The smallest absolute Gasteiger partial charge is 0.221 e. The van der Waals surface area contributed by atoms with Gasteiger partial charge in [-0.2, -0.15) is 5.26 Å². The van der Waals surface area contributed by atoms with Crippen molar-refractivity contribution in [2.24, 2.45) is 0 Å². The molecular formula is C15H20N2O3. The predicted octanol–water partition coefficient (Wildman–Crippen LogP) is 2.23. The van der Waals surface area contributed by atoms with Crippen LogP contribution in [0.1, 0.15) is 31.7 Å². The first-order chi connectivity index (χ1) is 9.62. The van der Waals surface area contributed by atoms with Crippen LogP contribution >= 0.6 is 0 Å². The van der Waals surface area contributed by atoms with Crippen LogP contribution in [0.15, 0.2) is 18.2 Å². The Kier molecular flexibility index (Phi) is 6.38. The highest BCUT2D eigenvalue weighted by molar-refractivity contribution is 5.77. The summed E-state index contributed by atoms with van der Waals surface area (Å²) in [4.78, 5) is 11.6. The van der Waals surface area contributed by atoms with Crippen molar-refractivity contribution < 1.29 is 14.3 Å². The lowest BCUT2D eigenvalue weighted by Gasteiger charge is -2.15. The van der Waals surface area contributed by atoms with Crippen molar-refractivity contribution in [1.29, 1.82) is 5.26 Å². The molecule has 108 valence electrons. The molecule has 0 saturated carbocycles. The van der Waals surface area contributed by atoms with Crippen LogP contribution in [0.3, 0.4) is 0 Å². The molecule has 1 atom stereocenters. The van der Waals surface area contributed by atoms with Gasteiger partial charge in [-0.25, -0.2) is 0 Å². The second-order valence-electron chi connectivity index (χ2n) is 4.38. The van der Waals surface area contributed by atoms with Crippen molar-refractivity contribution in [3.63, 3.8) is 0 Å². The second-order valence-corrected chi connectivity index (χ2v) is 4.38. The Morgan fingerprint density at radius 3 is 2.80 bits per heavy atom. The highest BCUT2D eigenvalue weighted by Crippen LogP contribution is 2.31. The summed E-state index contributed by atoms with van der Waals surface area (Å²) < 4.78 is 10.7. The van der Waals surface area contributed by atoms with Crippen LogP contribution in [0.4, 0.5) is 0 Å². The van der Waals surface area contributed by atoms with Crippen molar-refractivity contribution in [2.75, 3.05) is 20.3 Å². The zero-order valence-electron chi connectivity index (χ0n) is 12.1. The van der Waals surface area contributed by atoms with Crippen LogP contribution < -0.4 is 14.8 Å². The summed E-state index contributed by atoms with van der Waals surface area (Å²) in [6, 6.07) is 7.54. The number of ether oxygens (including phenoxy) is 2. The Labute approximate surface area is 119 Å². The Morgan fingerprint density at radius 2 is 2.20 bits per heavy atom. The molecule has 0 heterocycles. The first kappa shape index (κ1) is 15.8. The van der Waals surface area contributed by atoms with Gasteiger partial charge in [-0.05, 0) is 30.5 Å². The fourth-order valence-corrected chi connectivity index (χ4v) is 1.87. The van der Waals surface area contributed by atoms with Crippen molar-refractivity contribution in [2.45, 2.75) is 26.2 Å². The lowest BCUT2D eigenvalue weighted by Crippen LogP contribution is -2.24. The molecule has 1 aromatic rings. The van der Waals surface area contributed by atoms with E-state index in [0.717, 1.165) is 5.56 Å². The van der Waals surface area contributed by atoms with Gasteiger partial charge in [-0.3, -0.25) is 4.79 Å². The molecule has 0 saturated heterocycles. The van der Waals surface area contributed by atoms with E-state index in [4.69, 9.17) is 14.7 Å². The molecule has 1 aromatic carbocycles. The van der Waals surface area contributed by atoms with Gasteiger partial charge in [0.1, 0.15) is 6.54 Å². The summed E-state index contributed by atoms with van der Waals surface area (Å²) in [7, 11) is 1.59. The topological polar surface area (TPSA) is 71.3 Å². The molecule has 0 aliphatic carbocycles. The van der Waals surface area contributed by atoms with E-state index in [0.29, 0.717) is 24.5 Å². The predicted molar refractivity (Wildman–Crippen MR) is 75.8 cm³/mol. The van der Waals surface area contributed by atoms with Crippen LogP contribution in [-0.4, -0.2) is 26.2 Å². The fourth-order valence-electron chi connectivity index (χ4n) is 1.87. The van der Waals surface area contributed by atoms with Gasteiger partial charge in [0, 0.05) is 6.42 Å². The number of methoxy groups -OCH3 is 1. The Balaban J connectivity index is 2.75. The summed E-state index contributed by atoms with van der Waals surface area (Å²) >= 11 is 0. The van der Waals surface area contributed by atoms with Crippen molar-refractivity contribution >= 4 is 5.91 Å². The summed E-state index contributed by atoms with van der Waals surface area (Å²) in [5, 5.41) is 11.0. The van der Waals surface area contributed by atoms with E-state index in [2.05, 4.69) is 5.32 Å². The number of nitrogens with zero attached hydrogens (tertiary/aromatic N) is 1. The normalized spacial score (nSPS) is 11.3. The van der Waals surface area contributed by atoms with E-state index in [1.54, 1.807) is 7.11 Å². The van der Waals surface area contributed by atoms with Crippen molar-refractivity contribution in [3.8, 4) is 17.6 Å². The monoisotopic (exact) mass is 276 g/mol. The van der Waals surface area contributed by atoms with Gasteiger partial charge in [0.15, 0.2) is 11.5 Å². The zero-order chi connectivity index (χ0) is 15.0. The van der Waals surface area contributed by atoms with E-state index < -0.39 is 0 Å². The number of hydrogen-bond acceptors (Lipinski definition) is 4. The van der Waals surface area contributed by atoms with Gasteiger partial charge in [-0.1, -0.05) is 13.0 Å². The third-order valence-corrected chi connectivity index (χ3v) is 2.91. The number of hydrogen-bond donors (Lipinski definition) is 1. The standard InChI is InChI=1S/C15H20N2O3/c1-4-20-13-6-5-12(10-14(13)19-3)11(2)9-15(18)17-8-7-16/h5-6,10-11H,4,8-9H2,1-3H3,(H,17,18). The second kappa shape index (κ2) is 8.05. The van der Waals surface area contributed by atoms with Crippen LogP contribution in [-0.2, 0) is 4.79 Å². The molecule has 0 aliphatic heterocycles. The maximum atomic E-state index is 11.6. The van der Waals surface area contributed by atoms with Gasteiger partial charge < -0.3 is 14.8 Å². The SMILES string of the molecule is CCOc1ccc(C(C)CC(=O)NCC#N)cc1OC. The average molecular weight is 276 g/mol. The molecule has 0 aromatic heterocycles. The molecule has 5 heteroatoms. The number of carbonyl (C=O) groups excluding carboxylic acids is 1. The number of rotatable bonds is 7. The lowest BCUT2D eigenvalue weighted by atomic mass is 9.97. The van der Waals surface area contributed by atoms with Gasteiger partial charge >= 0.3 is 0 Å². The molecule has 0 bridgehead atoms. The molecular weight excluding hydrogens is 256 g/mol. The third kappa shape index (κ3) is 4.47. The maximum absolute atomic E-state index is 11.6. The molecule has 1 N–H and O–H groups in total. The Hall–Kier alpha value is -2.22. The Bertz CT molecular complexity index is 494. The van der Waals surface area contributed by atoms with E-state index in [1.165, 1.54) is 0 Å². The maximum Gasteiger partial charge on any atom is 0.221 e. The largest absolute Gasteiger partial charge is 0.493 e. The first-order valence-corrected chi connectivity index (χ1v) is 6.56. The van der Waals surface area contributed by atoms with E-state index in [1.807, 2.05) is 38.1 Å².